The Morgan fingerprint density at radius 3 is 3.00 bits per heavy atom. The third-order valence-corrected chi connectivity index (χ3v) is 3.54. The quantitative estimate of drug-likeness (QED) is 0.872. The number of hydrogen-bond acceptors (Lipinski definition) is 4. The molecule has 20 heavy (non-hydrogen) atoms. The first kappa shape index (κ1) is 12.6. The minimum Gasteiger partial charge on any atom is -0.480 e. The number of aryl methyl sites for hydroxylation is 1. The lowest BCUT2D eigenvalue weighted by Gasteiger charge is -2.20. The van der Waals surface area contributed by atoms with Crippen molar-refractivity contribution in [1.82, 2.24) is 19.5 Å². The lowest BCUT2D eigenvalue weighted by Crippen LogP contribution is -2.40. The Kier molecular flexibility index (Phi) is 2.89. The fraction of sp³-hybridized carbons (Fsp3) is 0.385. The van der Waals surface area contributed by atoms with Crippen LogP contribution < -0.4 is 0 Å². The Balaban J connectivity index is 2.00. The Labute approximate surface area is 114 Å². The van der Waals surface area contributed by atoms with Crippen molar-refractivity contribution in [2.45, 2.75) is 25.8 Å². The molecule has 0 radical (unpaired) electrons. The van der Waals surface area contributed by atoms with Gasteiger partial charge in [0, 0.05) is 18.4 Å². The van der Waals surface area contributed by atoms with E-state index < -0.39 is 12.0 Å². The van der Waals surface area contributed by atoms with E-state index in [9.17, 15) is 9.59 Å². The van der Waals surface area contributed by atoms with Gasteiger partial charge in [-0.1, -0.05) is 0 Å². The highest BCUT2D eigenvalue weighted by atomic mass is 16.4. The maximum Gasteiger partial charge on any atom is 0.326 e. The second-order valence-corrected chi connectivity index (χ2v) is 4.89. The second-order valence-electron chi connectivity index (χ2n) is 4.89. The molecule has 0 bridgehead atoms. The van der Waals surface area contributed by atoms with Crippen LogP contribution in [-0.2, 0) is 4.79 Å². The number of likely N-dealkylation sites (tertiary alicyclic amines) is 1. The SMILES string of the molecule is Cc1ccn2ncc(C(=O)N3CCCC3C(=O)O)c2n1. The summed E-state index contributed by atoms with van der Waals surface area (Å²) in [5, 5.41) is 13.2. The highest BCUT2D eigenvalue weighted by Gasteiger charge is 2.35. The van der Waals surface area contributed by atoms with Crippen molar-refractivity contribution in [3.05, 3.63) is 29.7 Å². The van der Waals surface area contributed by atoms with E-state index in [0.29, 0.717) is 30.6 Å². The molecule has 0 saturated carbocycles. The van der Waals surface area contributed by atoms with Gasteiger partial charge in [-0.15, -0.1) is 0 Å². The predicted octanol–water partition coefficient (Wildman–Crippen LogP) is 0.727. The first-order valence-corrected chi connectivity index (χ1v) is 6.42. The molecule has 3 heterocycles. The summed E-state index contributed by atoms with van der Waals surface area (Å²) in [6.45, 7) is 2.29. The third-order valence-electron chi connectivity index (χ3n) is 3.54. The van der Waals surface area contributed by atoms with Gasteiger partial charge in [-0.2, -0.15) is 5.10 Å². The van der Waals surface area contributed by atoms with Crippen LogP contribution in [0.4, 0.5) is 0 Å². The van der Waals surface area contributed by atoms with E-state index >= 15 is 0 Å². The highest BCUT2D eigenvalue weighted by molar-refractivity contribution is 6.01. The van der Waals surface area contributed by atoms with Crippen molar-refractivity contribution in [3.63, 3.8) is 0 Å². The predicted molar refractivity (Wildman–Crippen MR) is 69.4 cm³/mol. The van der Waals surface area contributed by atoms with Crippen LogP contribution in [0.3, 0.4) is 0 Å². The van der Waals surface area contributed by atoms with Crippen LogP contribution in [0.2, 0.25) is 0 Å². The van der Waals surface area contributed by atoms with Crippen molar-refractivity contribution >= 4 is 17.5 Å². The monoisotopic (exact) mass is 274 g/mol. The number of aromatic nitrogens is 3. The zero-order valence-corrected chi connectivity index (χ0v) is 11.0. The Morgan fingerprint density at radius 2 is 2.25 bits per heavy atom. The van der Waals surface area contributed by atoms with Gasteiger partial charge in [0.25, 0.3) is 5.91 Å². The van der Waals surface area contributed by atoms with Gasteiger partial charge < -0.3 is 10.0 Å². The molecule has 104 valence electrons. The minimum atomic E-state index is -0.962. The van der Waals surface area contributed by atoms with Gasteiger partial charge >= 0.3 is 5.97 Å². The average molecular weight is 274 g/mol. The number of amides is 1. The second kappa shape index (κ2) is 4.59. The smallest absolute Gasteiger partial charge is 0.326 e. The molecule has 7 nitrogen and oxygen atoms in total. The molecule has 0 spiro atoms. The standard InChI is InChI=1S/C13H14N4O3/c1-8-4-6-17-11(15-8)9(7-14-17)12(18)16-5-2-3-10(16)13(19)20/h4,6-7,10H,2-3,5H2,1H3,(H,19,20). The number of carbonyl (C=O) groups is 2. The van der Waals surface area contributed by atoms with Crippen molar-refractivity contribution in [2.24, 2.45) is 0 Å². The summed E-state index contributed by atoms with van der Waals surface area (Å²) in [7, 11) is 0. The van der Waals surface area contributed by atoms with E-state index in [4.69, 9.17) is 5.11 Å². The van der Waals surface area contributed by atoms with Gasteiger partial charge in [-0.05, 0) is 25.8 Å². The van der Waals surface area contributed by atoms with Gasteiger partial charge in [-0.25, -0.2) is 14.3 Å². The van der Waals surface area contributed by atoms with Gasteiger partial charge in [0.05, 0.1) is 6.20 Å². The molecule has 2 aromatic rings. The fourth-order valence-corrected chi connectivity index (χ4v) is 2.53. The molecule has 7 heteroatoms. The highest BCUT2D eigenvalue weighted by Crippen LogP contribution is 2.21. The van der Waals surface area contributed by atoms with E-state index in [2.05, 4.69) is 10.1 Å². The summed E-state index contributed by atoms with van der Waals surface area (Å²) in [5.74, 6) is -1.28. The number of carboxylic acids is 1. The zero-order chi connectivity index (χ0) is 14.3. The molecule has 1 amide bonds. The molecule has 1 saturated heterocycles. The van der Waals surface area contributed by atoms with Crippen molar-refractivity contribution in [2.75, 3.05) is 6.54 Å². The van der Waals surface area contributed by atoms with Crippen LogP contribution in [0, 0.1) is 6.92 Å². The maximum absolute atomic E-state index is 12.5. The third kappa shape index (κ3) is 1.91. The summed E-state index contributed by atoms with van der Waals surface area (Å²) in [4.78, 5) is 29.4. The number of rotatable bonds is 2. The van der Waals surface area contributed by atoms with Crippen LogP contribution in [0.5, 0.6) is 0 Å². The van der Waals surface area contributed by atoms with E-state index in [-0.39, 0.29) is 5.91 Å². The molecule has 1 unspecified atom stereocenters. The summed E-state index contributed by atoms with van der Waals surface area (Å²) in [5.41, 5.74) is 1.59. The molecule has 2 aromatic heterocycles. The summed E-state index contributed by atoms with van der Waals surface area (Å²) < 4.78 is 1.52. The molecule has 3 rings (SSSR count). The summed E-state index contributed by atoms with van der Waals surface area (Å²) >= 11 is 0. The van der Waals surface area contributed by atoms with Crippen LogP contribution >= 0.6 is 0 Å². The van der Waals surface area contributed by atoms with E-state index in [0.717, 1.165) is 5.69 Å². The summed E-state index contributed by atoms with van der Waals surface area (Å²) in [6, 6.07) is 1.05. The number of aliphatic carboxylic acids is 1. The van der Waals surface area contributed by atoms with Crippen LogP contribution in [0.1, 0.15) is 28.9 Å². The molecule has 1 N–H and O–H groups in total. The number of hydrogen-bond donors (Lipinski definition) is 1. The topological polar surface area (TPSA) is 87.8 Å². The average Bonchev–Trinajstić information content (AvgIpc) is 3.04. The largest absolute Gasteiger partial charge is 0.480 e. The molecular weight excluding hydrogens is 260 g/mol. The van der Waals surface area contributed by atoms with Crippen LogP contribution in [0.25, 0.3) is 5.65 Å². The number of carboxylic acid groups (broad SMARTS) is 1. The normalized spacial score (nSPS) is 18.6. The molecule has 1 atom stereocenters. The van der Waals surface area contributed by atoms with Crippen molar-refractivity contribution in [1.29, 1.82) is 0 Å². The Morgan fingerprint density at radius 1 is 1.45 bits per heavy atom. The summed E-state index contributed by atoms with van der Waals surface area (Å²) in [6.07, 6.45) is 4.37. The lowest BCUT2D eigenvalue weighted by atomic mass is 10.2. The van der Waals surface area contributed by atoms with Crippen LogP contribution in [0.15, 0.2) is 18.5 Å². The minimum absolute atomic E-state index is 0.317. The lowest BCUT2D eigenvalue weighted by molar-refractivity contribution is -0.141. The van der Waals surface area contributed by atoms with Crippen LogP contribution in [-0.4, -0.2) is 49.1 Å². The number of carbonyl (C=O) groups excluding carboxylic acids is 1. The molecule has 1 aliphatic heterocycles. The van der Waals surface area contributed by atoms with Crippen molar-refractivity contribution in [3.8, 4) is 0 Å². The Hall–Kier alpha value is -2.44. The van der Waals surface area contributed by atoms with Gasteiger partial charge in [0.15, 0.2) is 5.65 Å². The van der Waals surface area contributed by atoms with Gasteiger partial charge in [-0.3, -0.25) is 4.79 Å². The first-order valence-electron chi connectivity index (χ1n) is 6.42. The van der Waals surface area contributed by atoms with Gasteiger partial charge in [0.2, 0.25) is 0 Å². The molecule has 1 fully saturated rings. The maximum atomic E-state index is 12.5. The van der Waals surface area contributed by atoms with E-state index in [1.165, 1.54) is 15.6 Å². The van der Waals surface area contributed by atoms with E-state index in [1.54, 1.807) is 12.3 Å². The first-order chi connectivity index (χ1) is 9.58. The zero-order valence-electron chi connectivity index (χ0n) is 11.0. The molecule has 1 aliphatic rings. The van der Waals surface area contributed by atoms with Crippen molar-refractivity contribution < 1.29 is 14.7 Å². The molecule has 0 aliphatic carbocycles. The molecular formula is C13H14N4O3. The number of fused-ring (bicyclic) bond motifs is 1. The number of nitrogens with zero attached hydrogens (tertiary/aromatic N) is 4. The Bertz CT molecular complexity index is 694. The fourth-order valence-electron chi connectivity index (χ4n) is 2.53. The van der Waals surface area contributed by atoms with E-state index in [1.807, 2.05) is 6.92 Å². The molecule has 0 aromatic carbocycles. The van der Waals surface area contributed by atoms with Gasteiger partial charge in [0.1, 0.15) is 11.6 Å².